The number of carboxylic acid groups (broad SMARTS) is 1. The predicted molar refractivity (Wildman–Crippen MR) is 74.4 cm³/mol. The van der Waals surface area contributed by atoms with Gasteiger partial charge >= 0.3 is 5.97 Å². The molecule has 1 aromatic rings. The number of carboxylic acids is 1. The van der Waals surface area contributed by atoms with Crippen molar-refractivity contribution in [2.45, 2.75) is 51.1 Å². The topological polar surface area (TPSA) is 40.5 Å². The van der Waals surface area contributed by atoms with E-state index in [1.807, 2.05) is 12.1 Å². The summed E-state index contributed by atoms with van der Waals surface area (Å²) in [4.78, 5) is 13.6. The average Bonchev–Trinajstić information content (AvgIpc) is 2.47. The molecule has 3 nitrogen and oxygen atoms in total. The van der Waals surface area contributed by atoms with E-state index >= 15 is 0 Å². The van der Waals surface area contributed by atoms with Crippen molar-refractivity contribution in [3.05, 3.63) is 34.9 Å². The van der Waals surface area contributed by atoms with Crippen molar-refractivity contribution in [2.24, 2.45) is 0 Å². The molecule has 0 radical (unpaired) electrons. The van der Waals surface area contributed by atoms with Gasteiger partial charge < -0.3 is 5.11 Å². The van der Waals surface area contributed by atoms with Gasteiger partial charge in [0.1, 0.15) is 0 Å². The third-order valence-corrected chi connectivity index (χ3v) is 4.59. The van der Waals surface area contributed by atoms with Crippen LogP contribution in [0, 0.1) is 0 Å². The lowest BCUT2D eigenvalue weighted by molar-refractivity contribution is 0.0696. The molecule has 1 aliphatic carbocycles. The molecule has 0 aromatic heterocycles. The van der Waals surface area contributed by atoms with E-state index in [1.54, 1.807) is 6.07 Å². The Kier molecular flexibility index (Phi) is 3.56. The van der Waals surface area contributed by atoms with Crippen LogP contribution in [0.4, 0.5) is 0 Å². The molecule has 1 saturated carbocycles. The van der Waals surface area contributed by atoms with Gasteiger partial charge in [0.15, 0.2) is 0 Å². The molecule has 3 heteroatoms. The van der Waals surface area contributed by atoms with Crippen molar-refractivity contribution in [2.75, 3.05) is 6.54 Å². The number of hydrogen-bond donors (Lipinski definition) is 1. The summed E-state index contributed by atoms with van der Waals surface area (Å²) < 4.78 is 0. The predicted octanol–water partition coefficient (Wildman–Crippen LogP) is 3.08. The van der Waals surface area contributed by atoms with Crippen LogP contribution in [-0.2, 0) is 13.0 Å². The molecule has 0 saturated heterocycles. The average molecular weight is 259 g/mol. The van der Waals surface area contributed by atoms with Gasteiger partial charge in [-0.25, -0.2) is 4.79 Å². The normalized spacial score (nSPS) is 21.1. The lowest BCUT2D eigenvalue weighted by Crippen LogP contribution is -2.40. The van der Waals surface area contributed by atoms with Crippen molar-refractivity contribution in [3.8, 4) is 0 Å². The Hall–Kier alpha value is -1.35. The molecule has 1 aliphatic heterocycles. The Bertz CT molecular complexity index is 478. The van der Waals surface area contributed by atoms with Crippen LogP contribution in [0.2, 0.25) is 0 Å². The van der Waals surface area contributed by atoms with Gasteiger partial charge in [-0.15, -0.1) is 0 Å². The second-order valence-electron chi connectivity index (χ2n) is 5.80. The highest BCUT2D eigenvalue weighted by atomic mass is 16.4. The number of benzene rings is 1. The summed E-state index contributed by atoms with van der Waals surface area (Å²) >= 11 is 0. The Morgan fingerprint density at radius 2 is 1.95 bits per heavy atom. The molecule has 1 fully saturated rings. The maximum absolute atomic E-state index is 11.1. The molecule has 0 amide bonds. The van der Waals surface area contributed by atoms with Gasteiger partial charge in [-0.2, -0.15) is 0 Å². The van der Waals surface area contributed by atoms with Crippen molar-refractivity contribution < 1.29 is 9.90 Å². The van der Waals surface area contributed by atoms with E-state index in [0.29, 0.717) is 5.56 Å². The molecular weight excluding hydrogens is 238 g/mol. The van der Waals surface area contributed by atoms with Gasteiger partial charge in [0.25, 0.3) is 0 Å². The van der Waals surface area contributed by atoms with Crippen molar-refractivity contribution in [1.82, 2.24) is 4.90 Å². The van der Waals surface area contributed by atoms with E-state index in [1.165, 1.54) is 43.2 Å². The van der Waals surface area contributed by atoms with E-state index in [-0.39, 0.29) is 0 Å². The number of hydrogen-bond acceptors (Lipinski definition) is 2. The van der Waals surface area contributed by atoms with Gasteiger partial charge in [0, 0.05) is 19.1 Å². The molecule has 0 bridgehead atoms. The van der Waals surface area contributed by atoms with Crippen LogP contribution in [0.15, 0.2) is 18.2 Å². The highest BCUT2D eigenvalue weighted by Crippen LogP contribution is 2.28. The zero-order chi connectivity index (χ0) is 13.2. The van der Waals surface area contributed by atoms with Crippen LogP contribution < -0.4 is 0 Å². The smallest absolute Gasteiger partial charge is 0.335 e. The first-order chi connectivity index (χ1) is 9.24. The highest BCUT2D eigenvalue weighted by molar-refractivity contribution is 5.87. The molecule has 1 aromatic carbocycles. The molecule has 0 spiro atoms. The number of carbonyl (C=O) groups is 1. The molecule has 2 aliphatic rings. The van der Waals surface area contributed by atoms with Crippen molar-refractivity contribution >= 4 is 5.97 Å². The summed E-state index contributed by atoms with van der Waals surface area (Å²) in [5, 5.41) is 9.09. The number of rotatable bonds is 2. The minimum Gasteiger partial charge on any atom is -0.478 e. The fourth-order valence-corrected chi connectivity index (χ4v) is 3.47. The van der Waals surface area contributed by atoms with E-state index < -0.39 is 5.97 Å². The lowest BCUT2D eigenvalue weighted by atomic mass is 9.90. The van der Waals surface area contributed by atoms with Gasteiger partial charge in [0.05, 0.1) is 5.56 Å². The first-order valence-corrected chi connectivity index (χ1v) is 7.33. The zero-order valence-corrected chi connectivity index (χ0v) is 11.3. The van der Waals surface area contributed by atoms with E-state index in [9.17, 15) is 4.79 Å². The van der Waals surface area contributed by atoms with Crippen LogP contribution in [0.5, 0.6) is 0 Å². The molecule has 19 heavy (non-hydrogen) atoms. The Labute approximate surface area is 114 Å². The van der Waals surface area contributed by atoms with Crippen LogP contribution in [0.1, 0.15) is 53.6 Å². The molecule has 0 atom stereocenters. The lowest BCUT2D eigenvalue weighted by Gasteiger charge is -2.37. The summed E-state index contributed by atoms with van der Waals surface area (Å²) in [6, 6.07) is 6.32. The van der Waals surface area contributed by atoms with Gasteiger partial charge in [-0.3, -0.25) is 4.90 Å². The second-order valence-corrected chi connectivity index (χ2v) is 5.80. The van der Waals surface area contributed by atoms with Gasteiger partial charge in [-0.1, -0.05) is 25.3 Å². The Morgan fingerprint density at radius 1 is 1.16 bits per heavy atom. The summed E-state index contributed by atoms with van der Waals surface area (Å²) in [6.07, 6.45) is 7.77. The standard InChI is InChI=1S/C16H21NO2/c18-16(19)13-7-6-12-8-9-17(11-14(12)10-13)15-4-2-1-3-5-15/h6-7,10,15H,1-5,8-9,11H2,(H,18,19). The maximum atomic E-state index is 11.1. The Morgan fingerprint density at radius 3 is 2.68 bits per heavy atom. The van der Waals surface area contributed by atoms with Crippen LogP contribution >= 0.6 is 0 Å². The maximum Gasteiger partial charge on any atom is 0.335 e. The first kappa shape index (κ1) is 12.7. The van der Waals surface area contributed by atoms with Crippen LogP contribution in [0.3, 0.4) is 0 Å². The monoisotopic (exact) mass is 259 g/mol. The first-order valence-electron chi connectivity index (χ1n) is 7.33. The Balaban J connectivity index is 1.77. The third-order valence-electron chi connectivity index (χ3n) is 4.59. The molecule has 1 heterocycles. The van der Waals surface area contributed by atoms with Crippen LogP contribution in [-0.4, -0.2) is 28.6 Å². The number of aromatic carboxylic acids is 1. The number of fused-ring (bicyclic) bond motifs is 1. The second kappa shape index (κ2) is 5.33. The molecule has 0 unspecified atom stereocenters. The largest absolute Gasteiger partial charge is 0.478 e. The molecule has 102 valence electrons. The minimum absolute atomic E-state index is 0.421. The molecule has 3 rings (SSSR count). The fourth-order valence-electron chi connectivity index (χ4n) is 3.47. The van der Waals surface area contributed by atoms with Crippen LogP contribution in [0.25, 0.3) is 0 Å². The zero-order valence-electron chi connectivity index (χ0n) is 11.3. The molecular formula is C16H21NO2. The SMILES string of the molecule is O=C(O)c1ccc2c(c1)CN(C1CCCCC1)CC2. The fraction of sp³-hybridized carbons (Fsp3) is 0.562. The number of nitrogens with zero attached hydrogens (tertiary/aromatic N) is 1. The molecule has 1 N–H and O–H groups in total. The quantitative estimate of drug-likeness (QED) is 0.887. The van der Waals surface area contributed by atoms with Crippen molar-refractivity contribution in [1.29, 1.82) is 0 Å². The summed E-state index contributed by atoms with van der Waals surface area (Å²) in [6.45, 7) is 2.06. The summed E-state index contributed by atoms with van der Waals surface area (Å²) in [7, 11) is 0. The van der Waals surface area contributed by atoms with E-state index in [2.05, 4.69) is 4.90 Å². The van der Waals surface area contributed by atoms with E-state index in [4.69, 9.17) is 5.11 Å². The highest BCUT2D eigenvalue weighted by Gasteiger charge is 2.25. The minimum atomic E-state index is -0.822. The van der Waals surface area contributed by atoms with Crippen molar-refractivity contribution in [3.63, 3.8) is 0 Å². The third kappa shape index (κ3) is 2.66. The summed E-state index contributed by atoms with van der Waals surface area (Å²) in [5.74, 6) is -0.822. The van der Waals surface area contributed by atoms with Gasteiger partial charge in [0.2, 0.25) is 0 Å². The van der Waals surface area contributed by atoms with E-state index in [0.717, 1.165) is 25.6 Å². The summed E-state index contributed by atoms with van der Waals surface area (Å²) in [5.41, 5.74) is 2.97. The van der Waals surface area contributed by atoms with Gasteiger partial charge in [-0.05, 0) is 42.5 Å².